The lowest BCUT2D eigenvalue weighted by Gasteiger charge is -2.31. The summed E-state index contributed by atoms with van der Waals surface area (Å²) in [5.74, 6) is -1.47. The van der Waals surface area contributed by atoms with Crippen LogP contribution in [0.5, 0.6) is 0 Å². The highest BCUT2D eigenvalue weighted by molar-refractivity contribution is 5.78. The zero-order valence-corrected chi connectivity index (χ0v) is 16.3. The first-order chi connectivity index (χ1) is 13.0. The topological polar surface area (TPSA) is 41.4 Å². The normalized spacial score (nSPS) is 18.0. The Morgan fingerprint density at radius 3 is 2.63 bits per heavy atom. The Hall–Kier alpha value is -1.86. The molecule has 0 N–H and O–H groups in total. The van der Waals surface area contributed by atoms with Crippen LogP contribution in [0.15, 0.2) is 16.9 Å². The van der Waals surface area contributed by atoms with Crippen molar-refractivity contribution >= 4 is 10.9 Å². The van der Waals surface area contributed by atoms with Crippen LogP contribution in [0, 0.1) is 11.6 Å². The Labute approximate surface area is 158 Å². The Bertz CT molecular complexity index is 867. The number of rotatable bonds is 5. The van der Waals surface area contributed by atoms with Gasteiger partial charge in [0.1, 0.15) is 11.2 Å². The standard InChI is InChI=1S/C20H28F2N4O/c1-4-7-16(25-11-6-10-24(3)12-13-25)19-23-15-9-8-14(21)18(22)17(15)20(27)26(19)5-2/h8-9,16H,4-7,10-13H2,1-3H3. The number of halogens is 2. The first-order valence-corrected chi connectivity index (χ1v) is 9.78. The molecule has 1 aliphatic heterocycles. The smallest absolute Gasteiger partial charge is 0.264 e. The van der Waals surface area contributed by atoms with Crippen molar-refractivity contribution in [1.82, 2.24) is 19.4 Å². The van der Waals surface area contributed by atoms with E-state index in [9.17, 15) is 13.6 Å². The fraction of sp³-hybridized carbons (Fsp3) is 0.600. The van der Waals surface area contributed by atoms with Crippen LogP contribution in [0.1, 0.15) is 45.0 Å². The van der Waals surface area contributed by atoms with Gasteiger partial charge in [-0.1, -0.05) is 13.3 Å². The van der Waals surface area contributed by atoms with Crippen LogP contribution in [0.3, 0.4) is 0 Å². The Balaban J connectivity index is 2.14. The van der Waals surface area contributed by atoms with Crippen molar-refractivity contribution in [2.75, 3.05) is 33.2 Å². The number of fused-ring (bicyclic) bond motifs is 1. The monoisotopic (exact) mass is 378 g/mol. The highest BCUT2D eigenvalue weighted by atomic mass is 19.2. The first-order valence-electron chi connectivity index (χ1n) is 9.78. The van der Waals surface area contributed by atoms with Crippen LogP contribution in [0.2, 0.25) is 0 Å². The molecule has 1 aromatic carbocycles. The SMILES string of the molecule is CCCC(c1nc2ccc(F)c(F)c2c(=O)n1CC)N1CCCN(C)CC1. The Kier molecular flexibility index (Phi) is 6.22. The third-order valence-corrected chi connectivity index (χ3v) is 5.41. The number of hydrogen-bond donors (Lipinski definition) is 0. The van der Waals surface area contributed by atoms with Crippen LogP contribution in [0.4, 0.5) is 8.78 Å². The molecule has 5 nitrogen and oxygen atoms in total. The number of likely N-dealkylation sites (N-methyl/N-ethyl adjacent to an activating group) is 1. The molecule has 0 aliphatic carbocycles. The molecule has 1 fully saturated rings. The molecule has 0 radical (unpaired) electrons. The molecule has 0 amide bonds. The van der Waals surface area contributed by atoms with Gasteiger partial charge >= 0.3 is 0 Å². The number of nitrogens with zero attached hydrogens (tertiary/aromatic N) is 4. The second kappa shape index (κ2) is 8.44. The zero-order chi connectivity index (χ0) is 19.6. The van der Waals surface area contributed by atoms with E-state index >= 15 is 0 Å². The van der Waals surface area contributed by atoms with E-state index in [1.54, 1.807) is 0 Å². The van der Waals surface area contributed by atoms with Gasteiger partial charge in [-0.2, -0.15) is 0 Å². The van der Waals surface area contributed by atoms with Crippen molar-refractivity contribution in [1.29, 1.82) is 0 Å². The maximum absolute atomic E-state index is 14.3. The highest BCUT2D eigenvalue weighted by Crippen LogP contribution is 2.27. The van der Waals surface area contributed by atoms with E-state index in [-0.39, 0.29) is 16.9 Å². The predicted octanol–water partition coefficient (Wildman–Crippen LogP) is 3.17. The second-order valence-corrected chi connectivity index (χ2v) is 7.27. The molecule has 1 saturated heterocycles. The molecule has 0 spiro atoms. The summed E-state index contributed by atoms with van der Waals surface area (Å²) in [6.45, 7) is 8.17. The zero-order valence-electron chi connectivity index (χ0n) is 16.3. The molecule has 1 aromatic heterocycles. The van der Waals surface area contributed by atoms with Crippen LogP contribution in [0.25, 0.3) is 10.9 Å². The van der Waals surface area contributed by atoms with Gasteiger partial charge in [0.2, 0.25) is 0 Å². The average molecular weight is 378 g/mol. The molecule has 2 heterocycles. The summed E-state index contributed by atoms with van der Waals surface area (Å²) in [5, 5.41) is -0.258. The van der Waals surface area contributed by atoms with E-state index in [2.05, 4.69) is 28.8 Å². The summed E-state index contributed by atoms with van der Waals surface area (Å²) in [6, 6.07) is 2.43. The lowest BCUT2D eigenvalue weighted by Crippen LogP contribution is -2.37. The summed E-state index contributed by atoms with van der Waals surface area (Å²) in [4.78, 5) is 22.3. The highest BCUT2D eigenvalue weighted by Gasteiger charge is 2.27. The van der Waals surface area contributed by atoms with Crippen molar-refractivity contribution in [3.8, 4) is 0 Å². The quantitative estimate of drug-likeness (QED) is 0.801. The van der Waals surface area contributed by atoms with Gasteiger partial charge in [-0.3, -0.25) is 14.3 Å². The summed E-state index contributed by atoms with van der Waals surface area (Å²) in [5.41, 5.74) is -0.269. The molecule has 0 saturated carbocycles. The van der Waals surface area contributed by atoms with Gasteiger partial charge in [-0.15, -0.1) is 0 Å². The van der Waals surface area contributed by atoms with Gasteiger partial charge in [0.05, 0.1) is 11.6 Å². The minimum atomic E-state index is -1.11. The maximum Gasteiger partial charge on any atom is 0.264 e. The van der Waals surface area contributed by atoms with Crippen LogP contribution in [-0.4, -0.2) is 52.6 Å². The molecule has 2 aromatic rings. The lowest BCUT2D eigenvalue weighted by molar-refractivity contribution is 0.180. The fourth-order valence-corrected chi connectivity index (χ4v) is 3.95. The van der Waals surface area contributed by atoms with Crippen LogP contribution < -0.4 is 5.56 Å². The fourth-order valence-electron chi connectivity index (χ4n) is 3.95. The summed E-state index contributed by atoms with van der Waals surface area (Å²) in [6.07, 6.45) is 2.87. The molecule has 1 atom stereocenters. The lowest BCUT2D eigenvalue weighted by atomic mass is 10.1. The predicted molar refractivity (Wildman–Crippen MR) is 103 cm³/mol. The van der Waals surface area contributed by atoms with E-state index in [1.165, 1.54) is 10.6 Å². The molecule has 0 bridgehead atoms. The minimum absolute atomic E-state index is 0.00772. The third kappa shape index (κ3) is 3.89. The number of aromatic nitrogens is 2. The molecule has 27 heavy (non-hydrogen) atoms. The van der Waals surface area contributed by atoms with Gasteiger partial charge < -0.3 is 4.90 Å². The maximum atomic E-state index is 14.3. The molecular formula is C20H28F2N4O. The van der Waals surface area contributed by atoms with Gasteiger partial charge in [0.15, 0.2) is 11.6 Å². The average Bonchev–Trinajstić information content (AvgIpc) is 2.87. The largest absolute Gasteiger partial charge is 0.305 e. The van der Waals surface area contributed by atoms with E-state index in [4.69, 9.17) is 0 Å². The van der Waals surface area contributed by atoms with Crippen molar-refractivity contribution in [2.45, 2.75) is 45.7 Å². The molecular weight excluding hydrogens is 350 g/mol. The van der Waals surface area contributed by atoms with Gasteiger partial charge in [-0.25, -0.2) is 13.8 Å². The van der Waals surface area contributed by atoms with E-state index < -0.39 is 17.2 Å². The van der Waals surface area contributed by atoms with E-state index in [0.717, 1.165) is 51.5 Å². The third-order valence-electron chi connectivity index (χ3n) is 5.41. The number of hydrogen-bond acceptors (Lipinski definition) is 4. The van der Waals surface area contributed by atoms with Crippen molar-refractivity contribution in [3.05, 3.63) is 39.9 Å². The Morgan fingerprint density at radius 2 is 1.93 bits per heavy atom. The van der Waals surface area contributed by atoms with Gasteiger partial charge in [-0.05, 0) is 45.5 Å². The molecule has 3 rings (SSSR count). The molecule has 148 valence electrons. The van der Waals surface area contributed by atoms with Crippen molar-refractivity contribution < 1.29 is 8.78 Å². The minimum Gasteiger partial charge on any atom is -0.305 e. The van der Waals surface area contributed by atoms with E-state index in [0.29, 0.717) is 12.4 Å². The van der Waals surface area contributed by atoms with Crippen LogP contribution in [-0.2, 0) is 6.54 Å². The molecule has 1 unspecified atom stereocenters. The van der Waals surface area contributed by atoms with Crippen molar-refractivity contribution in [2.24, 2.45) is 0 Å². The molecule has 1 aliphatic rings. The summed E-state index contributed by atoms with van der Waals surface area (Å²) in [7, 11) is 2.12. The first kappa shape index (κ1) is 19.9. The van der Waals surface area contributed by atoms with Crippen LogP contribution >= 0.6 is 0 Å². The Morgan fingerprint density at radius 1 is 1.15 bits per heavy atom. The molecule has 7 heteroatoms. The summed E-state index contributed by atoms with van der Waals surface area (Å²) < 4.78 is 29.4. The van der Waals surface area contributed by atoms with Gasteiger partial charge in [0, 0.05) is 26.2 Å². The summed E-state index contributed by atoms with van der Waals surface area (Å²) >= 11 is 0. The van der Waals surface area contributed by atoms with Gasteiger partial charge in [0.25, 0.3) is 5.56 Å². The van der Waals surface area contributed by atoms with E-state index in [1.807, 2.05) is 6.92 Å². The van der Waals surface area contributed by atoms with Crippen molar-refractivity contribution in [3.63, 3.8) is 0 Å². The number of benzene rings is 1. The second-order valence-electron chi connectivity index (χ2n) is 7.27.